The molecule has 18 heavy (non-hydrogen) atoms. The van der Waals surface area contributed by atoms with Crippen LogP contribution in [0.25, 0.3) is 0 Å². The molecule has 6 nitrogen and oxygen atoms in total. The Morgan fingerprint density at radius 3 is 2.67 bits per heavy atom. The predicted molar refractivity (Wildman–Crippen MR) is 66.9 cm³/mol. The van der Waals surface area contributed by atoms with E-state index in [-0.39, 0.29) is 23.2 Å². The van der Waals surface area contributed by atoms with Crippen LogP contribution in [0.1, 0.15) is 57.0 Å². The van der Waals surface area contributed by atoms with Crippen LogP contribution in [0.15, 0.2) is 0 Å². The van der Waals surface area contributed by atoms with Crippen molar-refractivity contribution in [3.63, 3.8) is 0 Å². The summed E-state index contributed by atoms with van der Waals surface area (Å²) in [6.45, 7) is 7.88. The fourth-order valence-corrected chi connectivity index (χ4v) is 1.36. The summed E-state index contributed by atoms with van der Waals surface area (Å²) in [4.78, 5) is 16.0. The summed E-state index contributed by atoms with van der Waals surface area (Å²) in [5.74, 6) is 0.446. The molecule has 1 aromatic rings. The number of H-pyrrole nitrogens is 1. The van der Waals surface area contributed by atoms with E-state index in [4.69, 9.17) is 5.26 Å². The zero-order valence-electron chi connectivity index (χ0n) is 11.2. The van der Waals surface area contributed by atoms with Gasteiger partial charge >= 0.3 is 0 Å². The lowest BCUT2D eigenvalue weighted by atomic mass is 9.96. The number of aromatic amines is 1. The molecule has 0 radical (unpaired) electrons. The molecule has 1 heterocycles. The number of carbonyl (C=O) groups excluding carboxylic acids is 1. The van der Waals surface area contributed by atoms with Crippen molar-refractivity contribution in [1.82, 2.24) is 20.5 Å². The molecule has 0 saturated carbocycles. The van der Waals surface area contributed by atoms with Gasteiger partial charge in [0.25, 0.3) is 5.91 Å². The van der Waals surface area contributed by atoms with Crippen LogP contribution in [-0.2, 0) is 5.41 Å². The van der Waals surface area contributed by atoms with Crippen molar-refractivity contribution in [2.75, 3.05) is 0 Å². The summed E-state index contributed by atoms with van der Waals surface area (Å²) in [6.07, 6.45) is 0.995. The third kappa shape index (κ3) is 3.55. The van der Waals surface area contributed by atoms with E-state index in [1.807, 2.05) is 33.8 Å². The van der Waals surface area contributed by atoms with Gasteiger partial charge in [-0.05, 0) is 6.42 Å². The topological polar surface area (TPSA) is 94.5 Å². The van der Waals surface area contributed by atoms with Gasteiger partial charge in [-0.1, -0.05) is 27.7 Å². The number of hydrogen-bond acceptors (Lipinski definition) is 4. The quantitative estimate of drug-likeness (QED) is 0.845. The van der Waals surface area contributed by atoms with Gasteiger partial charge in [0, 0.05) is 11.5 Å². The summed E-state index contributed by atoms with van der Waals surface area (Å²) >= 11 is 0. The lowest BCUT2D eigenvalue weighted by Gasteiger charge is -2.13. The van der Waals surface area contributed by atoms with Crippen LogP contribution in [0.5, 0.6) is 0 Å². The molecule has 0 aromatic carbocycles. The molecule has 6 heteroatoms. The van der Waals surface area contributed by atoms with Crippen molar-refractivity contribution in [3.05, 3.63) is 11.6 Å². The van der Waals surface area contributed by atoms with E-state index >= 15 is 0 Å². The molecule has 1 unspecified atom stereocenters. The Bertz CT molecular complexity index is 452. The van der Waals surface area contributed by atoms with E-state index in [9.17, 15) is 4.79 Å². The lowest BCUT2D eigenvalue weighted by molar-refractivity contribution is 0.0926. The number of nitriles is 1. The van der Waals surface area contributed by atoms with Crippen LogP contribution in [0, 0.1) is 11.3 Å². The molecule has 0 fully saturated rings. The van der Waals surface area contributed by atoms with Gasteiger partial charge in [0.05, 0.1) is 12.5 Å². The minimum absolute atomic E-state index is 0.122. The monoisotopic (exact) mass is 249 g/mol. The third-order valence-corrected chi connectivity index (χ3v) is 2.56. The number of nitrogens with zero attached hydrogens (tertiary/aromatic N) is 3. The molecule has 1 atom stereocenters. The number of aromatic nitrogens is 3. The van der Waals surface area contributed by atoms with Gasteiger partial charge in [-0.2, -0.15) is 5.26 Å². The van der Waals surface area contributed by atoms with E-state index < -0.39 is 0 Å². The van der Waals surface area contributed by atoms with Gasteiger partial charge in [-0.25, -0.2) is 4.98 Å². The van der Waals surface area contributed by atoms with Crippen LogP contribution < -0.4 is 5.32 Å². The minimum atomic E-state index is -0.344. The number of nitrogens with one attached hydrogen (secondary N) is 2. The van der Waals surface area contributed by atoms with Crippen molar-refractivity contribution < 1.29 is 4.79 Å². The van der Waals surface area contributed by atoms with Gasteiger partial charge in [0.2, 0.25) is 5.82 Å². The minimum Gasteiger partial charge on any atom is -0.345 e. The molecule has 0 saturated heterocycles. The average Bonchev–Trinajstić information content (AvgIpc) is 2.77. The second-order valence-electron chi connectivity index (χ2n) is 5.20. The summed E-state index contributed by atoms with van der Waals surface area (Å²) in [7, 11) is 0. The van der Waals surface area contributed by atoms with E-state index in [1.54, 1.807) is 0 Å². The Labute approximate surface area is 107 Å². The molecule has 0 spiro atoms. The maximum absolute atomic E-state index is 11.9. The Hall–Kier alpha value is -1.90. The highest BCUT2D eigenvalue weighted by molar-refractivity contribution is 5.90. The zero-order valence-corrected chi connectivity index (χ0v) is 11.2. The van der Waals surface area contributed by atoms with Crippen molar-refractivity contribution in [2.45, 2.75) is 52.0 Å². The predicted octanol–water partition coefficient (Wildman–Crippen LogP) is 1.52. The standard InChI is InChI=1S/C12H19N5O/c1-5-8(6-7-13)14-10(18)9-15-11(17-16-9)12(2,3)4/h8H,5-6H2,1-4H3,(H,14,18)(H,15,16,17). The Kier molecular flexibility index (Phi) is 4.43. The lowest BCUT2D eigenvalue weighted by Crippen LogP contribution is -2.34. The average molecular weight is 249 g/mol. The Morgan fingerprint density at radius 1 is 1.56 bits per heavy atom. The normalized spacial score (nSPS) is 12.8. The summed E-state index contributed by atoms with van der Waals surface area (Å²) in [5, 5.41) is 18.0. The SMILES string of the molecule is CCC(CC#N)NC(=O)c1n[nH]c(C(C)(C)C)n1. The summed E-state index contributed by atoms with van der Waals surface area (Å²) < 4.78 is 0. The van der Waals surface area contributed by atoms with Crippen LogP contribution in [0.3, 0.4) is 0 Å². The van der Waals surface area contributed by atoms with E-state index in [0.29, 0.717) is 18.7 Å². The smallest absolute Gasteiger partial charge is 0.291 e. The highest BCUT2D eigenvalue weighted by Gasteiger charge is 2.22. The van der Waals surface area contributed by atoms with Crippen molar-refractivity contribution >= 4 is 5.91 Å². The molecule has 0 aliphatic rings. The fourth-order valence-electron chi connectivity index (χ4n) is 1.36. The van der Waals surface area contributed by atoms with Crippen LogP contribution in [-0.4, -0.2) is 27.1 Å². The molecule has 98 valence electrons. The first-order chi connectivity index (χ1) is 8.38. The summed E-state index contributed by atoms with van der Waals surface area (Å²) in [6, 6.07) is 1.89. The highest BCUT2D eigenvalue weighted by atomic mass is 16.2. The van der Waals surface area contributed by atoms with E-state index in [0.717, 1.165) is 0 Å². The molecule has 1 aromatic heterocycles. The molecular formula is C12H19N5O. The second-order valence-corrected chi connectivity index (χ2v) is 5.20. The summed E-state index contributed by atoms with van der Waals surface area (Å²) in [5.41, 5.74) is -0.178. The molecule has 1 amide bonds. The first-order valence-electron chi connectivity index (χ1n) is 5.99. The zero-order chi connectivity index (χ0) is 13.8. The Morgan fingerprint density at radius 2 is 2.22 bits per heavy atom. The van der Waals surface area contributed by atoms with E-state index in [2.05, 4.69) is 20.5 Å². The number of carbonyl (C=O) groups is 1. The molecule has 0 aliphatic heterocycles. The van der Waals surface area contributed by atoms with Crippen molar-refractivity contribution in [2.24, 2.45) is 0 Å². The van der Waals surface area contributed by atoms with Crippen molar-refractivity contribution in [3.8, 4) is 6.07 Å². The second kappa shape index (κ2) is 5.63. The molecular weight excluding hydrogens is 230 g/mol. The van der Waals surface area contributed by atoms with Crippen LogP contribution in [0.2, 0.25) is 0 Å². The fraction of sp³-hybridized carbons (Fsp3) is 0.667. The number of amides is 1. The van der Waals surface area contributed by atoms with Gasteiger partial charge in [-0.3, -0.25) is 9.89 Å². The highest BCUT2D eigenvalue weighted by Crippen LogP contribution is 2.17. The molecule has 1 rings (SSSR count). The molecule has 0 bridgehead atoms. The van der Waals surface area contributed by atoms with Crippen LogP contribution in [0.4, 0.5) is 0 Å². The van der Waals surface area contributed by atoms with Gasteiger partial charge in [0.1, 0.15) is 5.82 Å². The largest absolute Gasteiger partial charge is 0.345 e. The van der Waals surface area contributed by atoms with Gasteiger partial charge < -0.3 is 5.32 Å². The van der Waals surface area contributed by atoms with Gasteiger partial charge in [0.15, 0.2) is 0 Å². The molecule has 0 aliphatic carbocycles. The molecule has 2 N–H and O–H groups in total. The maximum Gasteiger partial charge on any atom is 0.291 e. The van der Waals surface area contributed by atoms with Crippen LogP contribution >= 0.6 is 0 Å². The Balaban J connectivity index is 2.73. The first-order valence-corrected chi connectivity index (χ1v) is 5.99. The number of hydrogen-bond donors (Lipinski definition) is 2. The van der Waals surface area contributed by atoms with Crippen molar-refractivity contribution in [1.29, 1.82) is 5.26 Å². The third-order valence-electron chi connectivity index (χ3n) is 2.56. The number of rotatable bonds is 4. The first kappa shape index (κ1) is 14.2. The maximum atomic E-state index is 11.9. The van der Waals surface area contributed by atoms with E-state index in [1.165, 1.54) is 0 Å². The van der Waals surface area contributed by atoms with Gasteiger partial charge in [-0.15, -0.1) is 5.10 Å².